The van der Waals surface area contributed by atoms with Gasteiger partial charge in [-0.3, -0.25) is 9.48 Å². The van der Waals surface area contributed by atoms with Crippen LogP contribution in [0.2, 0.25) is 0 Å². The summed E-state index contributed by atoms with van der Waals surface area (Å²) >= 11 is 1.72. The van der Waals surface area contributed by atoms with Crippen molar-refractivity contribution in [3.8, 4) is 11.3 Å². The Morgan fingerprint density at radius 1 is 1.19 bits per heavy atom. The van der Waals surface area contributed by atoms with E-state index in [2.05, 4.69) is 40.5 Å². The lowest BCUT2D eigenvalue weighted by Crippen LogP contribution is -2.49. The van der Waals surface area contributed by atoms with Crippen molar-refractivity contribution in [3.63, 3.8) is 0 Å². The second kappa shape index (κ2) is 7.47. The summed E-state index contributed by atoms with van der Waals surface area (Å²) in [4.78, 5) is 16.8. The van der Waals surface area contributed by atoms with E-state index in [1.165, 1.54) is 30.6 Å². The predicted octanol–water partition coefficient (Wildman–Crippen LogP) is 4.60. The highest BCUT2D eigenvalue weighted by molar-refractivity contribution is 7.98. The number of hydrogen-bond acceptors (Lipinski definition) is 3. The third kappa shape index (κ3) is 3.18. The summed E-state index contributed by atoms with van der Waals surface area (Å²) in [5.74, 6) is 0.862. The number of carbonyl (C=O) groups excluding carboxylic acids is 1. The van der Waals surface area contributed by atoms with Gasteiger partial charge in [-0.2, -0.15) is 5.10 Å². The summed E-state index contributed by atoms with van der Waals surface area (Å²) in [5, 5.41) is 4.43. The van der Waals surface area contributed by atoms with Gasteiger partial charge in [0, 0.05) is 30.1 Å². The number of thioether (sulfide) groups is 1. The molecule has 1 aliphatic carbocycles. The standard InChI is InChI=1S/C21H27N3OS/c1-23-20(16-8-5-10-17(13-16)26-2)18(14-22-23)21(25)24-12-6-9-15-7-3-4-11-19(15)24/h5,8,10,13-15,19H,3-4,6-7,9,11-12H2,1-2H3. The third-order valence-corrected chi connectivity index (χ3v) is 6.74. The van der Waals surface area contributed by atoms with Crippen molar-refractivity contribution in [3.05, 3.63) is 36.0 Å². The van der Waals surface area contributed by atoms with Crippen molar-refractivity contribution < 1.29 is 4.79 Å². The lowest BCUT2D eigenvalue weighted by molar-refractivity contribution is 0.0391. The highest BCUT2D eigenvalue weighted by atomic mass is 32.2. The Kier molecular flexibility index (Phi) is 5.07. The van der Waals surface area contributed by atoms with Crippen LogP contribution >= 0.6 is 11.8 Å². The number of fused-ring (bicyclic) bond motifs is 1. The second-order valence-electron chi connectivity index (χ2n) is 7.52. The molecule has 0 radical (unpaired) electrons. The number of aromatic nitrogens is 2. The maximum absolute atomic E-state index is 13.5. The van der Waals surface area contributed by atoms with Crippen LogP contribution < -0.4 is 0 Å². The van der Waals surface area contributed by atoms with E-state index in [0.717, 1.165) is 36.2 Å². The number of benzene rings is 1. The zero-order chi connectivity index (χ0) is 18.1. The maximum atomic E-state index is 13.5. The Bertz CT molecular complexity index is 798. The van der Waals surface area contributed by atoms with E-state index in [0.29, 0.717) is 12.0 Å². The van der Waals surface area contributed by atoms with Gasteiger partial charge in [0.05, 0.1) is 17.5 Å². The average Bonchev–Trinajstić information content (AvgIpc) is 3.08. The van der Waals surface area contributed by atoms with E-state index in [9.17, 15) is 4.79 Å². The lowest BCUT2D eigenvalue weighted by atomic mass is 9.78. The molecule has 2 fully saturated rings. The van der Waals surface area contributed by atoms with Crippen LogP contribution in [0, 0.1) is 5.92 Å². The van der Waals surface area contributed by atoms with Crippen LogP contribution in [0.5, 0.6) is 0 Å². The molecule has 1 amide bonds. The Morgan fingerprint density at radius 2 is 2.00 bits per heavy atom. The van der Waals surface area contributed by atoms with Gasteiger partial charge in [-0.15, -0.1) is 11.8 Å². The first kappa shape index (κ1) is 17.7. The minimum absolute atomic E-state index is 0.166. The monoisotopic (exact) mass is 369 g/mol. The molecule has 0 N–H and O–H groups in total. The van der Waals surface area contributed by atoms with Crippen molar-refractivity contribution >= 4 is 17.7 Å². The molecule has 0 bridgehead atoms. The normalized spacial score (nSPS) is 22.9. The summed E-state index contributed by atoms with van der Waals surface area (Å²) in [5.41, 5.74) is 2.75. The fourth-order valence-electron chi connectivity index (χ4n) is 4.74. The zero-order valence-corrected chi connectivity index (χ0v) is 16.5. The Balaban J connectivity index is 1.68. The molecule has 2 atom stereocenters. The first-order valence-electron chi connectivity index (χ1n) is 9.66. The van der Waals surface area contributed by atoms with Crippen LogP contribution in [0.1, 0.15) is 48.9 Å². The highest BCUT2D eigenvalue weighted by Gasteiger charge is 2.37. The molecule has 1 saturated heterocycles. The quantitative estimate of drug-likeness (QED) is 0.742. The summed E-state index contributed by atoms with van der Waals surface area (Å²) in [6.45, 7) is 0.888. The van der Waals surface area contributed by atoms with Gasteiger partial charge < -0.3 is 4.90 Å². The maximum Gasteiger partial charge on any atom is 0.257 e. The summed E-state index contributed by atoms with van der Waals surface area (Å²) in [6, 6.07) is 8.81. The molecule has 2 unspecified atom stereocenters. The van der Waals surface area contributed by atoms with Crippen molar-refractivity contribution in [2.24, 2.45) is 13.0 Å². The molecule has 26 heavy (non-hydrogen) atoms. The van der Waals surface area contributed by atoms with Gasteiger partial charge in [0.2, 0.25) is 0 Å². The van der Waals surface area contributed by atoms with E-state index in [-0.39, 0.29) is 5.91 Å². The summed E-state index contributed by atoms with van der Waals surface area (Å²) in [7, 11) is 1.93. The largest absolute Gasteiger partial charge is 0.335 e. The van der Waals surface area contributed by atoms with Crippen LogP contribution in [0.3, 0.4) is 0 Å². The first-order valence-corrected chi connectivity index (χ1v) is 10.9. The fraction of sp³-hybridized carbons (Fsp3) is 0.524. The number of rotatable bonds is 3. The number of likely N-dealkylation sites (tertiary alicyclic amines) is 1. The molecule has 1 aromatic carbocycles. The van der Waals surface area contributed by atoms with Crippen molar-refractivity contribution in [1.29, 1.82) is 0 Å². The molecular weight excluding hydrogens is 342 g/mol. The average molecular weight is 370 g/mol. The Hall–Kier alpha value is -1.75. The number of carbonyl (C=O) groups is 1. The summed E-state index contributed by atoms with van der Waals surface area (Å²) < 4.78 is 1.84. The van der Waals surface area contributed by atoms with Crippen LogP contribution in [0.15, 0.2) is 35.4 Å². The number of hydrogen-bond donors (Lipinski definition) is 0. The van der Waals surface area contributed by atoms with Gasteiger partial charge >= 0.3 is 0 Å². The van der Waals surface area contributed by atoms with Crippen LogP contribution in [-0.2, 0) is 7.05 Å². The number of amides is 1. The Morgan fingerprint density at radius 3 is 2.85 bits per heavy atom. The lowest BCUT2D eigenvalue weighted by Gasteiger charge is -2.44. The zero-order valence-electron chi connectivity index (χ0n) is 15.6. The highest BCUT2D eigenvalue weighted by Crippen LogP contribution is 2.37. The van der Waals surface area contributed by atoms with Gasteiger partial charge in [-0.05, 0) is 50.0 Å². The van der Waals surface area contributed by atoms with Crippen LogP contribution in [0.4, 0.5) is 0 Å². The van der Waals surface area contributed by atoms with Crippen molar-refractivity contribution in [2.45, 2.75) is 49.5 Å². The minimum atomic E-state index is 0.166. The molecule has 1 aromatic heterocycles. The van der Waals surface area contributed by atoms with E-state index in [1.54, 1.807) is 18.0 Å². The molecule has 1 saturated carbocycles. The predicted molar refractivity (Wildman–Crippen MR) is 106 cm³/mol. The molecule has 2 aromatic rings. The van der Waals surface area contributed by atoms with Crippen molar-refractivity contribution in [2.75, 3.05) is 12.8 Å². The molecule has 1 aliphatic heterocycles. The minimum Gasteiger partial charge on any atom is -0.335 e. The second-order valence-corrected chi connectivity index (χ2v) is 8.39. The summed E-state index contributed by atoms with van der Waals surface area (Å²) in [6.07, 6.45) is 11.3. The number of aryl methyl sites for hydroxylation is 1. The van der Waals surface area contributed by atoms with Crippen LogP contribution in [-0.4, -0.2) is 39.4 Å². The fourth-order valence-corrected chi connectivity index (χ4v) is 5.20. The van der Waals surface area contributed by atoms with Gasteiger partial charge in [0.1, 0.15) is 0 Å². The molecule has 2 heterocycles. The number of nitrogens with zero attached hydrogens (tertiary/aromatic N) is 3. The SMILES string of the molecule is CSc1cccc(-c2c(C(=O)N3CCCC4CCCCC43)cnn2C)c1. The van der Waals surface area contributed by atoms with E-state index < -0.39 is 0 Å². The molecular formula is C21H27N3OS. The van der Waals surface area contributed by atoms with Crippen molar-refractivity contribution in [1.82, 2.24) is 14.7 Å². The number of piperidine rings is 1. The molecule has 4 rings (SSSR count). The van der Waals surface area contributed by atoms with E-state index in [4.69, 9.17) is 0 Å². The van der Waals surface area contributed by atoms with E-state index in [1.807, 2.05) is 11.7 Å². The molecule has 5 heteroatoms. The molecule has 0 spiro atoms. The van der Waals surface area contributed by atoms with Gasteiger partial charge in [-0.1, -0.05) is 25.0 Å². The van der Waals surface area contributed by atoms with Gasteiger partial charge in [0.25, 0.3) is 5.91 Å². The first-order chi connectivity index (χ1) is 12.7. The third-order valence-electron chi connectivity index (χ3n) is 6.02. The van der Waals surface area contributed by atoms with Gasteiger partial charge in [0.15, 0.2) is 0 Å². The smallest absolute Gasteiger partial charge is 0.257 e. The van der Waals surface area contributed by atoms with Crippen LogP contribution in [0.25, 0.3) is 11.3 Å². The van der Waals surface area contributed by atoms with Gasteiger partial charge in [-0.25, -0.2) is 0 Å². The topological polar surface area (TPSA) is 38.1 Å². The van der Waals surface area contributed by atoms with E-state index >= 15 is 0 Å². The Labute approximate surface area is 160 Å². The molecule has 2 aliphatic rings. The molecule has 4 nitrogen and oxygen atoms in total. The molecule has 138 valence electrons.